The van der Waals surface area contributed by atoms with E-state index in [1.165, 1.54) is 23.9 Å². The Balaban J connectivity index is 0.00000156. The summed E-state index contributed by atoms with van der Waals surface area (Å²) < 4.78 is 2.32. The molecule has 138 valence electrons. The first-order valence-corrected chi connectivity index (χ1v) is 7.49. The molecule has 2 aromatic rings. The molecule has 0 aliphatic carbocycles. The fourth-order valence-electron chi connectivity index (χ4n) is 2.89. The van der Waals surface area contributed by atoms with Crippen molar-refractivity contribution in [2.24, 2.45) is 14.1 Å². The van der Waals surface area contributed by atoms with Crippen LogP contribution < -0.4 is 16.6 Å². The molecule has 8 nitrogen and oxygen atoms in total. The number of aromatic nitrogens is 3. The first kappa shape index (κ1) is 21.1. The summed E-state index contributed by atoms with van der Waals surface area (Å²) in [6.07, 6.45) is 1.43. The minimum Gasteiger partial charge on any atom is -0.333 e. The maximum atomic E-state index is 12.7. The van der Waals surface area contributed by atoms with Crippen molar-refractivity contribution in [2.45, 2.75) is 13.0 Å². The standard InChI is InChI=1S/C15H19N5O3.2ClH/c1-9-7-16-4-5-20(9)13(21)10-6-11-12(17-8-10)18(2)15(23)19(3)14(11)22;;/h6,8-9,16H,4-5,7H2,1-3H3;2*1H/t9-;;/m1../s1. The van der Waals surface area contributed by atoms with Crippen LogP contribution in [-0.4, -0.2) is 50.6 Å². The minimum atomic E-state index is -0.446. The van der Waals surface area contributed by atoms with Crippen LogP contribution in [0.15, 0.2) is 21.9 Å². The third-order valence-corrected chi connectivity index (χ3v) is 4.30. The van der Waals surface area contributed by atoms with Gasteiger partial charge in [0.2, 0.25) is 0 Å². The van der Waals surface area contributed by atoms with E-state index in [9.17, 15) is 14.4 Å². The van der Waals surface area contributed by atoms with Crippen LogP contribution in [0.3, 0.4) is 0 Å². The summed E-state index contributed by atoms with van der Waals surface area (Å²) in [5, 5.41) is 3.50. The summed E-state index contributed by atoms with van der Waals surface area (Å²) in [7, 11) is 2.97. The minimum absolute atomic E-state index is 0. The Labute approximate surface area is 156 Å². The lowest BCUT2D eigenvalue weighted by Gasteiger charge is -2.34. The lowest BCUT2D eigenvalue weighted by molar-refractivity contribution is 0.0655. The van der Waals surface area contributed by atoms with Gasteiger partial charge in [0.25, 0.3) is 11.5 Å². The van der Waals surface area contributed by atoms with Crippen molar-refractivity contribution in [3.8, 4) is 0 Å². The van der Waals surface area contributed by atoms with Gasteiger partial charge in [-0.2, -0.15) is 0 Å². The molecule has 0 radical (unpaired) electrons. The Morgan fingerprint density at radius 3 is 2.56 bits per heavy atom. The summed E-state index contributed by atoms with van der Waals surface area (Å²) in [4.78, 5) is 42.8. The highest BCUT2D eigenvalue weighted by Crippen LogP contribution is 2.13. The monoisotopic (exact) mass is 389 g/mol. The van der Waals surface area contributed by atoms with Crippen molar-refractivity contribution in [2.75, 3.05) is 19.6 Å². The number of carbonyl (C=O) groups excluding carboxylic acids is 1. The topological polar surface area (TPSA) is 89.2 Å². The summed E-state index contributed by atoms with van der Waals surface area (Å²) in [5.41, 5.74) is -0.242. The number of hydrogen-bond donors (Lipinski definition) is 1. The second kappa shape index (κ2) is 7.99. The summed E-state index contributed by atoms with van der Waals surface area (Å²) in [6.45, 7) is 4.07. The predicted octanol–water partition coefficient (Wildman–Crippen LogP) is -0.0903. The SMILES string of the molecule is C[C@@H]1CNCCN1C(=O)c1cnc2c(c1)c(=O)n(C)c(=O)n2C.Cl.Cl. The molecule has 1 saturated heterocycles. The zero-order valence-corrected chi connectivity index (χ0v) is 15.8. The van der Waals surface area contributed by atoms with E-state index >= 15 is 0 Å². The molecule has 2 aromatic heterocycles. The smallest absolute Gasteiger partial charge is 0.332 e. The molecular formula is C15H21Cl2N5O3. The van der Waals surface area contributed by atoms with Gasteiger partial charge in [-0.3, -0.25) is 18.7 Å². The zero-order chi connectivity index (χ0) is 16.7. The van der Waals surface area contributed by atoms with Crippen molar-refractivity contribution in [3.05, 3.63) is 38.7 Å². The van der Waals surface area contributed by atoms with E-state index in [-0.39, 0.29) is 47.8 Å². The average molecular weight is 390 g/mol. The molecule has 1 amide bonds. The van der Waals surface area contributed by atoms with Crippen LogP contribution in [-0.2, 0) is 14.1 Å². The van der Waals surface area contributed by atoms with E-state index in [0.717, 1.165) is 17.7 Å². The second-order valence-corrected chi connectivity index (χ2v) is 5.85. The van der Waals surface area contributed by atoms with Crippen LogP contribution in [0.25, 0.3) is 11.0 Å². The Hall–Kier alpha value is -1.90. The second-order valence-electron chi connectivity index (χ2n) is 5.85. The van der Waals surface area contributed by atoms with Crippen molar-refractivity contribution in [1.82, 2.24) is 24.3 Å². The number of nitrogens with zero attached hydrogens (tertiary/aromatic N) is 4. The van der Waals surface area contributed by atoms with E-state index in [1.54, 1.807) is 11.9 Å². The van der Waals surface area contributed by atoms with Gasteiger partial charge < -0.3 is 10.2 Å². The summed E-state index contributed by atoms with van der Waals surface area (Å²) in [5.74, 6) is -0.149. The Bertz CT molecular complexity index is 908. The molecule has 0 aromatic carbocycles. The van der Waals surface area contributed by atoms with Crippen LogP contribution in [0.4, 0.5) is 0 Å². The van der Waals surface area contributed by atoms with Gasteiger partial charge in [-0.05, 0) is 13.0 Å². The lowest BCUT2D eigenvalue weighted by atomic mass is 10.1. The first-order valence-electron chi connectivity index (χ1n) is 7.49. The zero-order valence-electron chi connectivity index (χ0n) is 14.2. The number of pyridine rings is 1. The van der Waals surface area contributed by atoms with Crippen LogP contribution in [0.2, 0.25) is 0 Å². The summed E-state index contributed by atoms with van der Waals surface area (Å²) >= 11 is 0. The normalized spacial score (nSPS) is 16.9. The van der Waals surface area contributed by atoms with Gasteiger partial charge in [-0.25, -0.2) is 9.78 Å². The number of fused-ring (bicyclic) bond motifs is 1. The highest BCUT2D eigenvalue weighted by molar-refractivity contribution is 5.97. The molecule has 1 N–H and O–H groups in total. The van der Waals surface area contributed by atoms with E-state index in [0.29, 0.717) is 12.1 Å². The molecule has 0 bridgehead atoms. The lowest BCUT2D eigenvalue weighted by Crippen LogP contribution is -2.52. The van der Waals surface area contributed by atoms with Crippen LogP contribution >= 0.6 is 24.8 Å². The van der Waals surface area contributed by atoms with E-state index < -0.39 is 11.2 Å². The molecule has 25 heavy (non-hydrogen) atoms. The van der Waals surface area contributed by atoms with E-state index in [2.05, 4.69) is 10.3 Å². The van der Waals surface area contributed by atoms with Gasteiger partial charge in [0.05, 0.1) is 10.9 Å². The Morgan fingerprint density at radius 1 is 1.24 bits per heavy atom. The number of rotatable bonds is 1. The van der Waals surface area contributed by atoms with Crippen molar-refractivity contribution < 1.29 is 4.79 Å². The van der Waals surface area contributed by atoms with Crippen LogP contribution in [0.5, 0.6) is 0 Å². The van der Waals surface area contributed by atoms with Crippen molar-refractivity contribution in [1.29, 1.82) is 0 Å². The van der Waals surface area contributed by atoms with E-state index in [1.807, 2.05) is 6.92 Å². The Morgan fingerprint density at radius 2 is 1.92 bits per heavy atom. The van der Waals surface area contributed by atoms with Gasteiger partial charge in [0.15, 0.2) is 0 Å². The average Bonchev–Trinajstić information content (AvgIpc) is 2.57. The molecule has 1 aliphatic heterocycles. The van der Waals surface area contributed by atoms with Crippen LogP contribution in [0.1, 0.15) is 17.3 Å². The first-order chi connectivity index (χ1) is 10.9. The van der Waals surface area contributed by atoms with Crippen molar-refractivity contribution in [3.63, 3.8) is 0 Å². The molecule has 3 heterocycles. The predicted molar refractivity (Wildman–Crippen MR) is 100 cm³/mol. The molecule has 1 aliphatic rings. The number of hydrogen-bond acceptors (Lipinski definition) is 5. The number of piperazine rings is 1. The number of halogens is 2. The maximum absolute atomic E-state index is 12.7. The molecule has 1 fully saturated rings. The molecule has 10 heteroatoms. The molecule has 0 unspecified atom stereocenters. The number of carbonyl (C=O) groups is 1. The number of amides is 1. The van der Waals surface area contributed by atoms with E-state index in [4.69, 9.17) is 0 Å². The number of nitrogens with one attached hydrogen (secondary N) is 1. The molecule has 3 rings (SSSR count). The van der Waals surface area contributed by atoms with Gasteiger partial charge in [-0.1, -0.05) is 0 Å². The third-order valence-electron chi connectivity index (χ3n) is 4.30. The molecule has 1 atom stereocenters. The van der Waals surface area contributed by atoms with Crippen LogP contribution in [0, 0.1) is 0 Å². The highest BCUT2D eigenvalue weighted by Gasteiger charge is 2.25. The van der Waals surface area contributed by atoms with Gasteiger partial charge in [0.1, 0.15) is 5.65 Å². The third kappa shape index (κ3) is 3.56. The quantitative estimate of drug-likeness (QED) is 0.735. The summed E-state index contributed by atoms with van der Waals surface area (Å²) in [6, 6.07) is 1.61. The van der Waals surface area contributed by atoms with Gasteiger partial charge in [-0.15, -0.1) is 24.8 Å². The number of aryl methyl sites for hydroxylation is 1. The largest absolute Gasteiger partial charge is 0.333 e. The van der Waals surface area contributed by atoms with Gasteiger partial charge >= 0.3 is 5.69 Å². The van der Waals surface area contributed by atoms with Gasteiger partial charge in [0, 0.05) is 46.0 Å². The fourth-order valence-corrected chi connectivity index (χ4v) is 2.89. The van der Waals surface area contributed by atoms with Crippen molar-refractivity contribution >= 4 is 41.8 Å². The highest BCUT2D eigenvalue weighted by atomic mass is 35.5. The fraction of sp³-hybridized carbons (Fsp3) is 0.467. The molecule has 0 saturated carbocycles. The Kier molecular flexibility index (Phi) is 6.75. The maximum Gasteiger partial charge on any atom is 0.332 e. The molecular weight excluding hydrogens is 369 g/mol. The molecule has 0 spiro atoms.